The number of unbranched alkanes of at least 4 members (excludes halogenated alkanes) is 2. The van der Waals surface area contributed by atoms with Crippen molar-refractivity contribution in [2.45, 2.75) is 66.4 Å². The van der Waals surface area contributed by atoms with Crippen LogP contribution in [-0.2, 0) is 14.3 Å². The summed E-state index contributed by atoms with van der Waals surface area (Å²) in [5, 5.41) is 1.35. The molecule has 2 rings (SSSR count). The van der Waals surface area contributed by atoms with Crippen LogP contribution in [-0.4, -0.2) is 24.6 Å². The van der Waals surface area contributed by atoms with E-state index in [1.807, 2.05) is 27.7 Å². The van der Waals surface area contributed by atoms with Crippen molar-refractivity contribution in [1.29, 1.82) is 0 Å². The first-order valence-corrected chi connectivity index (χ1v) is 11.4. The van der Waals surface area contributed by atoms with Crippen LogP contribution in [0.25, 0.3) is 0 Å². The van der Waals surface area contributed by atoms with E-state index in [2.05, 4.69) is 0 Å². The van der Waals surface area contributed by atoms with E-state index in [0.29, 0.717) is 41.0 Å². The summed E-state index contributed by atoms with van der Waals surface area (Å²) in [7, 11) is 0. The molecule has 0 spiro atoms. The Morgan fingerprint density at radius 3 is 1.75 bits per heavy atom. The molecule has 5 nitrogen and oxygen atoms in total. The van der Waals surface area contributed by atoms with Crippen molar-refractivity contribution < 1.29 is 23.8 Å². The Bertz CT molecular complexity index is 925. The van der Waals surface area contributed by atoms with Crippen molar-refractivity contribution in [2.24, 2.45) is 0 Å². The second kappa shape index (κ2) is 12.2. The topological polar surface area (TPSA) is 61.8 Å². The lowest BCUT2D eigenvalue weighted by molar-refractivity contribution is -0.146. The summed E-state index contributed by atoms with van der Waals surface area (Å²) in [6, 6.07) is 6.97. The highest BCUT2D eigenvalue weighted by Gasteiger charge is 2.17. The maximum Gasteiger partial charge on any atom is 0.340 e. The molecule has 0 aliphatic heterocycles. The molecule has 0 bridgehead atoms. The summed E-state index contributed by atoms with van der Waals surface area (Å²) >= 11 is 12.3. The standard InChI is InChI=1S/C25H30Cl2O5/c1-15-11-20(12-16(2)23(15)26)31-22(28)9-7-6-8-10-30-19(5)25(29)32-21-13-17(3)24(27)18(4)14-21/h11-14,19H,6-10H2,1-5H3. The zero-order valence-electron chi connectivity index (χ0n) is 19.2. The van der Waals surface area contributed by atoms with Gasteiger partial charge >= 0.3 is 11.9 Å². The minimum absolute atomic E-state index is 0.280. The largest absolute Gasteiger partial charge is 0.427 e. The molecule has 0 aliphatic rings. The quantitative estimate of drug-likeness (QED) is 0.215. The fraction of sp³-hybridized carbons (Fsp3) is 0.440. The number of esters is 2. The fourth-order valence-corrected chi connectivity index (χ4v) is 3.41. The lowest BCUT2D eigenvalue weighted by atomic mass is 10.1. The molecule has 0 saturated carbocycles. The van der Waals surface area contributed by atoms with E-state index in [9.17, 15) is 9.59 Å². The molecule has 32 heavy (non-hydrogen) atoms. The van der Waals surface area contributed by atoms with Gasteiger partial charge in [-0.05, 0) is 94.0 Å². The summed E-state index contributed by atoms with van der Waals surface area (Å²) in [4.78, 5) is 24.3. The first-order chi connectivity index (χ1) is 15.1. The van der Waals surface area contributed by atoms with Crippen LogP contribution in [0, 0.1) is 27.7 Å². The Morgan fingerprint density at radius 2 is 1.25 bits per heavy atom. The third-order valence-corrected chi connectivity index (χ3v) is 6.19. The molecule has 2 aromatic carbocycles. The summed E-state index contributed by atoms with van der Waals surface area (Å²) in [5.41, 5.74) is 3.45. The van der Waals surface area contributed by atoms with E-state index in [4.69, 9.17) is 37.4 Å². The van der Waals surface area contributed by atoms with Gasteiger partial charge in [-0.2, -0.15) is 0 Å². The average Bonchev–Trinajstić information content (AvgIpc) is 2.72. The van der Waals surface area contributed by atoms with Crippen molar-refractivity contribution in [3.8, 4) is 11.5 Å². The molecule has 0 radical (unpaired) electrons. The van der Waals surface area contributed by atoms with E-state index in [-0.39, 0.29) is 5.97 Å². The maximum absolute atomic E-state index is 12.2. The van der Waals surface area contributed by atoms with Gasteiger partial charge in [-0.1, -0.05) is 29.6 Å². The Kier molecular flexibility index (Phi) is 10.0. The molecule has 0 aromatic heterocycles. The van der Waals surface area contributed by atoms with Crippen LogP contribution in [0.15, 0.2) is 24.3 Å². The summed E-state index contributed by atoms with van der Waals surface area (Å²) < 4.78 is 16.4. The van der Waals surface area contributed by atoms with Gasteiger partial charge in [-0.25, -0.2) is 4.79 Å². The highest BCUT2D eigenvalue weighted by molar-refractivity contribution is 6.32. The Hall–Kier alpha value is -2.08. The molecule has 2 aromatic rings. The smallest absolute Gasteiger partial charge is 0.340 e. The number of rotatable bonds is 10. The molecule has 0 heterocycles. The van der Waals surface area contributed by atoms with Crippen molar-refractivity contribution in [3.63, 3.8) is 0 Å². The van der Waals surface area contributed by atoms with Gasteiger partial charge < -0.3 is 14.2 Å². The average molecular weight is 481 g/mol. The minimum atomic E-state index is -0.687. The molecule has 0 N–H and O–H groups in total. The van der Waals surface area contributed by atoms with Crippen LogP contribution in [0.5, 0.6) is 11.5 Å². The van der Waals surface area contributed by atoms with Crippen LogP contribution in [0.1, 0.15) is 54.9 Å². The predicted octanol–water partition coefficient (Wildman–Crippen LogP) is 6.70. The first-order valence-electron chi connectivity index (χ1n) is 10.7. The summed E-state index contributed by atoms with van der Waals surface area (Å²) in [6.45, 7) is 9.53. The Morgan fingerprint density at radius 1 is 0.781 bits per heavy atom. The van der Waals surface area contributed by atoms with Crippen molar-refractivity contribution >= 4 is 35.1 Å². The summed E-state index contributed by atoms with van der Waals surface area (Å²) in [6.07, 6.45) is 1.81. The first kappa shape index (κ1) is 26.2. The molecule has 7 heteroatoms. The second-order valence-corrected chi connectivity index (χ2v) is 8.72. The molecule has 0 amide bonds. The van der Waals surface area contributed by atoms with Crippen molar-refractivity contribution in [1.82, 2.24) is 0 Å². The molecule has 1 unspecified atom stereocenters. The molecule has 1 atom stereocenters. The normalized spacial score (nSPS) is 11.8. The van der Waals surface area contributed by atoms with Crippen molar-refractivity contribution in [2.75, 3.05) is 6.61 Å². The third kappa shape index (κ3) is 7.80. The van der Waals surface area contributed by atoms with Gasteiger partial charge in [0.15, 0.2) is 6.10 Å². The SMILES string of the molecule is Cc1cc(OC(=O)CCCCCOC(C)C(=O)Oc2cc(C)c(Cl)c(C)c2)cc(C)c1Cl. The van der Waals surface area contributed by atoms with Crippen LogP contribution in [0.3, 0.4) is 0 Å². The molecule has 0 fully saturated rings. The lowest BCUT2D eigenvalue weighted by Crippen LogP contribution is -2.26. The maximum atomic E-state index is 12.2. The van der Waals surface area contributed by atoms with E-state index in [0.717, 1.165) is 35.1 Å². The van der Waals surface area contributed by atoms with Gasteiger partial charge in [0.2, 0.25) is 0 Å². The molecular weight excluding hydrogens is 451 g/mol. The predicted molar refractivity (Wildman–Crippen MR) is 127 cm³/mol. The van der Waals surface area contributed by atoms with E-state index < -0.39 is 12.1 Å². The van der Waals surface area contributed by atoms with Gasteiger partial charge in [0.05, 0.1) is 0 Å². The minimum Gasteiger partial charge on any atom is -0.427 e. The van der Waals surface area contributed by atoms with E-state index in [1.165, 1.54) is 0 Å². The Labute approximate surface area is 200 Å². The molecule has 174 valence electrons. The van der Waals surface area contributed by atoms with E-state index in [1.54, 1.807) is 31.2 Å². The van der Waals surface area contributed by atoms with Gasteiger partial charge in [-0.3, -0.25) is 4.79 Å². The second-order valence-electron chi connectivity index (χ2n) is 7.96. The van der Waals surface area contributed by atoms with Gasteiger partial charge in [0, 0.05) is 23.1 Å². The Balaban J connectivity index is 1.65. The number of hydrogen-bond donors (Lipinski definition) is 0. The van der Waals surface area contributed by atoms with Crippen molar-refractivity contribution in [3.05, 3.63) is 56.6 Å². The zero-order valence-corrected chi connectivity index (χ0v) is 20.7. The number of ether oxygens (including phenoxy) is 3. The number of hydrogen-bond acceptors (Lipinski definition) is 5. The highest BCUT2D eigenvalue weighted by Crippen LogP contribution is 2.27. The van der Waals surface area contributed by atoms with Gasteiger partial charge in [0.25, 0.3) is 0 Å². The number of carbonyl (C=O) groups excluding carboxylic acids is 2. The van der Waals surface area contributed by atoms with Crippen LogP contribution < -0.4 is 9.47 Å². The number of halogens is 2. The number of benzene rings is 2. The number of aryl methyl sites for hydroxylation is 4. The lowest BCUT2D eigenvalue weighted by Gasteiger charge is -2.14. The molecular formula is C25H30Cl2O5. The molecule has 0 aliphatic carbocycles. The van der Waals surface area contributed by atoms with E-state index >= 15 is 0 Å². The fourth-order valence-electron chi connectivity index (χ4n) is 3.19. The molecule has 0 saturated heterocycles. The zero-order chi connectivity index (χ0) is 23.8. The van der Waals surface area contributed by atoms with Crippen LogP contribution in [0.2, 0.25) is 10.0 Å². The monoisotopic (exact) mass is 480 g/mol. The number of carbonyl (C=O) groups is 2. The van der Waals surface area contributed by atoms with Gasteiger partial charge in [0.1, 0.15) is 11.5 Å². The van der Waals surface area contributed by atoms with Crippen LogP contribution >= 0.6 is 23.2 Å². The van der Waals surface area contributed by atoms with Gasteiger partial charge in [-0.15, -0.1) is 0 Å². The summed E-state index contributed by atoms with van der Waals surface area (Å²) in [5.74, 6) is 0.228. The third-order valence-electron chi connectivity index (χ3n) is 5.00. The van der Waals surface area contributed by atoms with Crippen LogP contribution in [0.4, 0.5) is 0 Å². The highest BCUT2D eigenvalue weighted by atomic mass is 35.5.